The van der Waals surface area contributed by atoms with Crippen LogP contribution in [0.5, 0.6) is 0 Å². The van der Waals surface area contributed by atoms with Crippen LogP contribution < -0.4 is 10.6 Å². The average molecular weight is 336 g/mol. The summed E-state index contributed by atoms with van der Waals surface area (Å²) >= 11 is 0. The maximum atomic E-state index is 12.4. The Morgan fingerprint density at radius 2 is 1.52 bits per heavy atom. The predicted molar refractivity (Wildman–Crippen MR) is 101 cm³/mol. The highest BCUT2D eigenvalue weighted by Crippen LogP contribution is 2.25. The molecule has 2 aromatic carbocycles. The SMILES string of the molecule is Cc1ccc(C(=O)Nc2cccc(NC(=O)C3CCCCC3)c2)cc1. The highest BCUT2D eigenvalue weighted by Gasteiger charge is 2.21. The number of hydrogen-bond acceptors (Lipinski definition) is 2. The molecule has 0 aromatic heterocycles. The van der Waals surface area contributed by atoms with Gasteiger partial charge < -0.3 is 10.6 Å². The highest BCUT2D eigenvalue weighted by atomic mass is 16.2. The number of amides is 2. The molecule has 0 atom stereocenters. The van der Waals surface area contributed by atoms with Gasteiger partial charge in [-0.3, -0.25) is 9.59 Å². The number of carbonyl (C=O) groups is 2. The van der Waals surface area contributed by atoms with E-state index in [4.69, 9.17) is 0 Å². The Bertz CT molecular complexity index is 747. The molecule has 2 amide bonds. The summed E-state index contributed by atoms with van der Waals surface area (Å²) in [4.78, 5) is 24.7. The van der Waals surface area contributed by atoms with E-state index >= 15 is 0 Å². The highest BCUT2D eigenvalue weighted by molar-refractivity contribution is 6.04. The topological polar surface area (TPSA) is 58.2 Å². The average Bonchev–Trinajstić information content (AvgIpc) is 2.63. The Labute approximate surface area is 148 Å². The Morgan fingerprint density at radius 1 is 0.880 bits per heavy atom. The van der Waals surface area contributed by atoms with Crippen molar-refractivity contribution in [1.82, 2.24) is 0 Å². The fourth-order valence-corrected chi connectivity index (χ4v) is 3.19. The van der Waals surface area contributed by atoms with Gasteiger partial charge in [0.15, 0.2) is 0 Å². The monoisotopic (exact) mass is 336 g/mol. The molecule has 0 saturated heterocycles. The van der Waals surface area contributed by atoms with Gasteiger partial charge in [0.2, 0.25) is 5.91 Å². The molecule has 0 spiro atoms. The van der Waals surface area contributed by atoms with Gasteiger partial charge in [-0.05, 0) is 50.1 Å². The maximum absolute atomic E-state index is 12.4. The molecule has 1 aliphatic carbocycles. The molecule has 130 valence electrons. The minimum absolute atomic E-state index is 0.0849. The van der Waals surface area contributed by atoms with Crippen molar-refractivity contribution in [3.63, 3.8) is 0 Å². The molecule has 0 radical (unpaired) electrons. The first-order valence-corrected chi connectivity index (χ1v) is 8.91. The number of carbonyl (C=O) groups excluding carboxylic acids is 2. The summed E-state index contributed by atoms with van der Waals surface area (Å²) in [7, 11) is 0. The molecule has 0 aliphatic heterocycles. The van der Waals surface area contributed by atoms with E-state index in [9.17, 15) is 9.59 Å². The summed E-state index contributed by atoms with van der Waals surface area (Å²) in [6.45, 7) is 1.99. The summed E-state index contributed by atoms with van der Waals surface area (Å²) in [6.07, 6.45) is 5.42. The van der Waals surface area contributed by atoms with Crippen molar-refractivity contribution < 1.29 is 9.59 Å². The first-order chi connectivity index (χ1) is 12.1. The van der Waals surface area contributed by atoms with E-state index in [2.05, 4.69) is 10.6 Å². The van der Waals surface area contributed by atoms with Gasteiger partial charge in [0.05, 0.1) is 0 Å². The van der Waals surface area contributed by atoms with Gasteiger partial charge in [-0.25, -0.2) is 0 Å². The third kappa shape index (κ3) is 4.69. The van der Waals surface area contributed by atoms with Crippen LogP contribution in [0.3, 0.4) is 0 Å². The standard InChI is InChI=1S/C21H24N2O2/c1-15-10-12-17(13-11-15)21(25)23-19-9-5-8-18(14-19)22-20(24)16-6-3-2-4-7-16/h5,8-14,16H,2-4,6-7H2,1H3,(H,22,24)(H,23,25). The van der Waals surface area contributed by atoms with E-state index in [0.29, 0.717) is 11.3 Å². The van der Waals surface area contributed by atoms with E-state index in [1.54, 1.807) is 18.2 Å². The number of hydrogen-bond donors (Lipinski definition) is 2. The summed E-state index contributed by atoms with van der Waals surface area (Å²) in [5, 5.41) is 5.86. The van der Waals surface area contributed by atoms with Crippen molar-refractivity contribution in [2.75, 3.05) is 10.6 Å². The van der Waals surface area contributed by atoms with E-state index in [-0.39, 0.29) is 17.7 Å². The molecule has 1 fully saturated rings. The summed E-state index contributed by atoms with van der Waals surface area (Å²) in [6, 6.07) is 14.7. The summed E-state index contributed by atoms with van der Waals surface area (Å²) in [5.41, 5.74) is 3.12. The molecule has 4 heteroatoms. The zero-order chi connectivity index (χ0) is 17.6. The van der Waals surface area contributed by atoms with Gasteiger partial charge in [0, 0.05) is 22.9 Å². The first kappa shape index (κ1) is 17.2. The molecule has 0 unspecified atom stereocenters. The van der Waals surface area contributed by atoms with Crippen molar-refractivity contribution >= 4 is 23.2 Å². The molecule has 3 rings (SSSR count). The minimum atomic E-state index is -0.157. The van der Waals surface area contributed by atoms with Gasteiger partial charge in [-0.1, -0.05) is 43.0 Å². The quantitative estimate of drug-likeness (QED) is 0.845. The zero-order valence-electron chi connectivity index (χ0n) is 14.5. The van der Waals surface area contributed by atoms with Crippen molar-refractivity contribution in [3.05, 3.63) is 59.7 Å². The third-order valence-electron chi connectivity index (χ3n) is 4.68. The second-order valence-corrected chi connectivity index (χ2v) is 6.73. The fourth-order valence-electron chi connectivity index (χ4n) is 3.19. The van der Waals surface area contributed by atoms with Crippen molar-refractivity contribution in [1.29, 1.82) is 0 Å². The lowest BCUT2D eigenvalue weighted by Crippen LogP contribution is -2.24. The Morgan fingerprint density at radius 3 is 2.20 bits per heavy atom. The van der Waals surface area contributed by atoms with Crippen LogP contribution >= 0.6 is 0 Å². The molecular weight excluding hydrogens is 312 g/mol. The van der Waals surface area contributed by atoms with Crippen LogP contribution in [0, 0.1) is 12.8 Å². The number of aryl methyl sites for hydroxylation is 1. The number of rotatable bonds is 4. The van der Waals surface area contributed by atoms with Crippen LogP contribution in [0.2, 0.25) is 0 Å². The molecule has 25 heavy (non-hydrogen) atoms. The Kier molecular flexibility index (Phi) is 5.49. The van der Waals surface area contributed by atoms with Crippen LogP contribution in [0.1, 0.15) is 48.0 Å². The molecule has 1 aliphatic rings. The van der Waals surface area contributed by atoms with Crippen molar-refractivity contribution in [2.45, 2.75) is 39.0 Å². The maximum Gasteiger partial charge on any atom is 0.255 e. The Hall–Kier alpha value is -2.62. The molecular formula is C21H24N2O2. The molecule has 2 N–H and O–H groups in total. The second-order valence-electron chi connectivity index (χ2n) is 6.73. The van der Waals surface area contributed by atoms with Gasteiger partial charge in [-0.15, -0.1) is 0 Å². The largest absolute Gasteiger partial charge is 0.326 e. The lowest BCUT2D eigenvalue weighted by molar-refractivity contribution is -0.120. The molecule has 4 nitrogen and oxygen atoms in total. The normalized spacial score (nSPS) is 14.8. The number of benzene rings is 2. The van der Waals surface area contributed by atoms with Gasteiger partial charge in [0.25, 0.3) is 5.91 Å². The summed E-state index contributed by atoms with van der Waals surface area (Å²) in [5.74, 6) is 0.0389. The van der Waals surface area contributed by atoms with Crippen LogP contribution in [-0.2, 0) is 4.79 Å². The molecule has 0 bridgehead atoms. The zero-order valence-corrected chi connectivity index (χ0v) is 14.5. The molecule has 1 saturated carbocycles. The van der Waals surface area contributed by atoms with Crippen LogP contribution in [0.15, 0.2) is 48.5 Å². The van der Waals surface area contributed by atoms with Crippen molar-refractivity contribution in [3.8, 4) is 0 Å². The smallest absolute Gasteiger partial charge is 0.255 e. The fraction of sp³-hybridized carbons (Fsp3) is 0.333. The minimum Gasteiger partial charge on any atom is -0.326 e. The molecule has 2 aromatic rings. The van der Waals surface area contributed by atoms with Gasteiger partial charge >= 0.3 is 0 Å². The number of anilines is 2. The lowest BCUT2D eigenvalue weighted by atomic mass is 9.88. The van der Waals surface area contributed by atoms with E-state index in [1.165, 1.54) is 6.42 Å². The van der Waals surface area contributed by atoms with Crippen LogP contribution in [0.4, 0.5) is 11.4 Å². The number of nitrogens with one attached hydrogen (secondary N) is 2. The summed E-state index contributed by atoms with van der Waals surface area (Å²) < 4.78 is 0. The van der Waals surface area contributed by atoms with Crippen molar-refractivity contribution in [2.24, 2.45) is 5.92 Å². The van der Waals surface area contributed by atoms with E-state index in [0.717, 1.165) is 36.9 Å². The van der Waals surface area contributed by atoms with Gasteiger partial charge in [-0.2, -0.15) is 0 Å². The molecule has 0 heterocycles. The first-order valence-electron chi connectivity index (χ1n) is 8.91. The van der Waals surface area contributed by atoms with Crippen LogP contribution in [0.25, 0.3) is 0 Å². The van der Waals surface area contributed by atoms with Crippen LogP contribution in [-0.4, -0.2) is 11.8 Å². The van der Waals surface area contributed by atoms with E-state index < -0.39 is 0 Å². The Balaban J connectivity index is 1.63. The van der Waals surface area contributed by atoms with Gasteiger partial charge in [0.1, 0.15) is 0 Å². The lowest BCUT2D eigenvalue weighted by Gasteiger charge is -2.20. The second kappa shape index (κ2) is 7.97. The third-order valence-corrected chi connectivity index (χ3v) is 4.68. The predicted octanol–water partition coefficient (Wildman–Crippen LogP) is 4.77. The van der Waals surface area contributed by atoms with E-state index in [1.807, 2.05) is 37.3 Å².